The van der Waals surface area contributed by atoms with Gasteiger partial charge in [0.2, 0.25) is 17.7 Å². The van der Waals surface area contributed by atoms with Crippen molar-refractivity contribution in [2.24, 2.45) is 17.6 Å². The van der Waals surface area contributed by atoms with Crippen molar-refractivity contribution in [1.82, 2.24) is 16.0 Å². The highest BCUT2D eigenvalue weighted by Crippen LogP contribution is 2.10. The molecule has 4 atom stereocenters. The van der Waals surface area contributed by atoms with Gasteiger partial charge in [0.15, 0.2) is 0 Å². The summed E-state index contributed by atoms with van der Waals surface area (Å²) in [7, 11) is 0. The van der Waals surface area contributed by atoms with Crippen molar-refractivity contribution < 1.29 is 34.2 Å². The van der Waals surface area contributed by atoms with Gasteiger partial charge in [-0.1, -0.05) is 58.0 Å². The van der Waals surface area contributed by atoms with Gasteiger partial charge in [-0.25, -0.2) is 4.79 Å². The third-order valence-corrected chi connectivity index (χ3v) is 5.58. The molecule has 1 aromatic carbocycles. The van der Waals surface area contributed by atoms with Crippen molar-refractivity contribution >= 4 is 29.7 Å². The van der Waals surface area contributed by atoms with Crippen molar-refractivity contribution in [2.75, 3.05) is 0 Å². The van der Waals surface area contributed by atoms with Crippen LogP contribution in [0.2, 0.25) is 0 Å². The van der Waals surface area contributed by atoms with Crippen LogP contribution in [0.4, 0.5) is 0 Å². The van der Waals surface area contributed by atoms with Crippen LogP contribution in [0.15, 0.2) is 30.3 Å². The van der Waals surface area contributed by atoms with Crippen LogP contribution < -0.4 is 21.7 Å². The SMILES string of the molecule is CC(C)CC(N)C(=O)NC(CC(C)C)C(=O)NC(CCC(=O)O)C(=O)NC(Cc1ccccc1)C(=O)O. The van der Waals surface area contributed by atoms with E-state index in [1.54, 1.807) is 30.3 Å². The highest BCUT2D eigenvalue weighted by atomic mass is 16.4. The molecule has 37 heavy (non-hydrogen) atoms. The van der Waals surface area contributed by atoms with Crippen molar-refractivity contribution in [1.29, 1.82) is 0 Å². The Morgan fingerprint density at radius 3 is 1.78 bits per heavy atom. The van der Waals surface area contributed by atoms with Gasteiger partial charge in [0.05, 0.1) is 6.04 Å². The first-order chi connectivity index (χ1) is 17.3. The number of carbonyl (C=O) groups excluding carboxylic acids is 3. The fourth-order valence-corrected chi connectivity index (χ4v) is 3.73. The number of nitrogens with two attached hydrogens (primary N) is 1. The molecule has 0 bridgehead atoms. The molecule has 0 aliphatic heterocycles. The van der Waals surface area contributed by atoms with E-state index in [9.17, 15) is 29.1 Å². The summed E-state index contributed by atoms with van der Waals surface area (Å²) in [6.45, 7) is 7.55. The Morgan fingerprint density at radius 2 is 1.27 bits per heavy atom. The molecule has 0 saturated carbocycles. The van der Waals surface area contributed by atoms with E-state index in [1.165, 1.54) is 0 Å². The molecule has 206 valence electrons. The van der Waals surface area contributed by atoms with Crippen molar-refractivity contribution in [3.05, 3.63) is 35.9 Å². The Kier molecular flexibility index (Phi) is 13.3. The largest absolute Gasteiger partial charge is 0.481 e. The van der Waals surface area contributed by atoms with Crippen LogP contribution in [0.1, 0.15) is 58.9 Å². The molecule has 4 unspecified atom stereocenters. The van der Waals surface area contributed by atoms with Gasteiger partial charge >= 0.3 is 11.9 Å². The summed E-state index contributed by atoms with van der Waals surface area (Å²) < 4.78 is 0. The average molecular weight is 521 g/mol. The first-order valence-electron chi connectivity index (χ1n) is 12.4. The molecule has 11 heteroatoms. The lowest BCUT2D eigenvalue weighted by atomic mass is 10.00. The van der Waals surface area contributed by atoms with E-state index in [0.29, 0.717) is 12.0 Å². The Hall–Kier alpha value is -3.47. The van der Waals surface area contributed by atoms with Crippen LogP contribution >= 0.6 is 0 Å². The number of benzene rings is 1. The van der Waals surface area contributed by atoms with Gasteiger partial charge in [0.25, 0.3) is 0 Å². The number of amides is 3. The molecule has 3 amide bonds. The lowest BCUT2D eigenvalue weighted by molar-refractivity contribution is -0.143. The van der Waals surface area contributed by atoms with Crippen molar-refractivity contribution in [3.63, 3.8) is 0 Å². The second-order valence-electron chi connectivity index (χ2n) is 10.0. The Labute approximate surface area is 217 Å². The first-order valence-corrected chi connectivity index (χ1v) is 12.4. The van der Waals surface area contributed by atoms with Gasteiger partial charge < -0.3 is 31.9 Å². The normalized spacial score (nSPS) is 14.4. The van der Waals surface area contributed by atoms with Crippen LogP contribution in [-0.2, 0) is 30.4 Å². The Morgan fingerprint density at radius 1 is 0.757 bits per heavy atom. The summed E-state index contributed by atoms with van der Waals surface area (Å²) in [6.07, 6.45) is -0.0230. The molecule has 0 saturated heterocycles. The molecule has 0 aliphatic rings. The van der Waals surface area contributed by atoms with E-state index >= 15 is 0 Å². The second kappa shape index (κ2) is 15.6. The van der Waals surface area contributed by atoms with Crippen LogP contribution in [0, 0.1) is 11.8 Å². The molecular formula is C26H40N4O7. The first kappa shape index (κ1) is 31.6. The minimum absolute atomic E-state index is 0.00127. The predicted molar refractivity (Wildman–Crippen MR) is 137 cm³/mol. The van der Waals surface area contributed by atoms with Gasteiger partial charge in [-0.05, 0) is 36.7 Å². The number of carboxylic acids is 2. The molecular weight excluding hydrogens is 480 g/mol. The summed E-state index contributed by atoms with van der Waals surface area (Å²) in [4.78, 5) is 61.6. The molecule has 0 aromatic heterocycles. The smallest absolute Gasteiger partial charge is 0.326 e. The summed E-state index contributed by atoms with van der Waals surface area (Å²) >= 11 is 0. The lowest BCUT2D eigenvalue weighted by Gasteiger charge is -2.26. The maximum absolute atomic E-state index is 13.1. The molecule has 7 N–H and O–H groups in total. The Balaban J connectivity index is 3.03. The summed E-state index contributed by atoms with van der Waals surface area (Å²) in [5, 5.41) is 26.3. The van der Waals surface area contributed by atoms with E-state index in [0.717, 1.165) is 0 Å². The van der Waals surface area contributed by atoms with E-state index in [1.807, 2.05) is 27.7 Å². The van der Waals surface area contributed by atoms with E-state index in [2.05, 4.69) is 16.0 Å². The molecule has 1 aromatic rings. The molecule has 1 rings (SSSR count). The summed E-state index contributed by atoms with van der Waals surface area (Å²) in [6, 6.07) is 4.25. The van der Waals surface area contributed by atoms with Crippen molar-refractivity contribution in [2.45, 2.75) is 84.0 Å². The number of nitrogens with one attached hydrogen (secondary N) is 3. The second-order valence-corrected chi connectivity index (χ2v) is 10.0. The lowest BCUT2D eigenvalue weighted by Crippen LogP contribution is -2.57. The minimum atomic E-state index is -1.32. The number of aliphatic carboxylic acids is 2. The molecule has 0 heterocycles. The van der Waals surface area contributed by atoms with Gasteiger partial charge in [-0.3, -0.25) is 19.2 Å². The zero-order valence-corrected chi connectivity index (χ0v) is 21.9. The topological polar surface area (TPSA) is 188 Å². The van der Waals surface area contributed by atoms with E-state index < -0.39 is 60.2 Å². The monoisotopic (exact) mass is 520 g/mol. The van der Waals surface area contributed by atoms with Crippen LogP contribution in [0.3, 0.4) is 0 Å². The molecule has 0 radical (unpaired) electrons. The Bertz CT molecular complexity index is 921. The fraction of sp³-hybridized carbons (Fsp3) is 0.577. The number of rotatable bonds is 16. The summed E-state index contributed by atoms with van der Waals surface area (Å²) in [5.74, 6) is -4.30. The fourth-order valence-electron chi connectivity index (χ4n) is 3.73. The maximum atomic E-state index is 13.1. The van der Waals surface area contributed by atoms with Crippen LogP contribution in [0.5, 0.6) is 0 Å². The molecule has 0 spiro atoms. The highest BCUT2D eigenvalue weighted by molar-refractivity contribution is 5.94. The molecule has 0 fully saturated rings. The highest BCUT2D eigenvalue weighted by Gasteiger charge is 2.31. The predicted octanol–water partition coefficient (Wildman–Crippen LogP) is 1.05. The van der Waals surface area contributed by atoms with E-state index in [4.69, 9.17) is 10.8 Å². The number of hydrogen-bond donors (Lipinski definition) is 6. The summed E-state index contributed by atoms with van der Waals surface area (Å²) in [5.41, 5.74) is 6.62. The van der Waals surface area contributed by atoms with Gasteiger partial charge in [0.1, 0.15) is 18.1 Å². The van der Waals surface area contributed by atoms with Crippen LogP contribution in [-0.4, -0.2) is 64.0 Å². The van der Waals surface area contributed by atoms with Gasteiger partial charge in [0, 0.05) is 12.8 Å². The van der Waals surface area contributed by atoms with Crippen molar-refractivity contribution in [3.8, 4) is 0 Å². The number of carboxylic acid groups (broad SMARTS) is 2. The third-order valence-electron chi connectivity index (χ3n) is 5.58. The van der Waals surface area contributed by atoms with E-state index in [-0.39, 0.29) is 31.1 Å². The molecule has 11 nitrogen and oxygen atoms in total. The quantitative estimate of drug-likeness (QED) is 0.186. The molecule has 0 aliphatic carbocycles. The van der Waals surface area contributed by atoms with Gasteiger partial charge in [-0.2, -0.15) is 0 Å². The van der Waals surface area contributed by atoms with Crippen LogP contribution in [0.25, 0.3) is 0 Å². The zero-order valence-electron chi connectivity index (χ0n) is 21.9. The average Bonchev–Trinajstić information content (AvgIpc) is 2.80. The van der Waals surface area contributed by atoms with Gasteiger partial charge in [-0.15, -0.1) is 0 Å². The minimum Gasteiger partial charge on any atom is -0.481 e. The number of hydrogen-bond acceptors (Lipinski definition) is 6. The zero-order chi connectivity index (χ0) is 28.1. The third kappa shape index (κ3) is 12.4. The maximum Gasteiger partial charge on any atom is 0.326 e. The standard InChI is InChI=1S/C26H40N4O7/c1-15(2)12-18(27)23(33)29-20(13-16(3)4)25(35)28-19(10-11-22(31)32)24(34)30-21(26(36)37)14-17-8-6-5-7-9-17/h5-9,15-16,18-21H,10-14,27H2,1-4H3,(H,28,35)(H,29,33)(H,30,34)(H,31,32)(H,36,37). The number of carbonyl (C=O) groups is 5.